The Balaban J connectivity index is 2.22. The smallest absolute Gasteiger partial charge is 0.137 e. The van der Waals surface area contributed by atoms with Crippen LogP contribution in [0, 0.1) is 0 Å². The Labute approximate surface area is 94.9 Å². The summed E-state index contributed by atoms with van der Waals surface area (Å²) in [5.41, 5.74) is 0. The molecule has 0 aliphatic rings. The van der Waals surface area contributed by atoms with E-state index < -0.39 is 0 Å². The zero-order chi connectivity index (χ0) is 10.9. The van der Waals surface area contributed by atoms with Crippen LogP contribution in [0.4, 0.5) is 5.82 Å². The first-order chi connectivity index (χ1) is 7.36. The lowest BCUT2D eigenvalue weighted by molar-refractivity contribution is 0.413. The van der Waals surface area contributed by atoms with Crippen LogP contribution in [-0.4, -0.2) is 30.1 Å². The van der Waals surface area contributed by atoms with Gasteiger partial charge in [0.1, 0.15) is 11.6 Å². The molecule has 0 bridgehead atoms. The summed E-state index contributed by atoms with van der Waals surface area (Å²) in [6.45, 7) is 4.58. The van der Waals surface area contributed by atoms with Gasteiger partial charge in [0.2, 0.25) is 0 Å². The summed E-state index contributed by atoms with van der Waals surface area (Å²) in [5.74, 6) is 3.72. The Morgan fingerprint density at radius 3 is 3.07 bits per heavy atom. The number of hydrogen-bond donors (Lipinski definition) is 1. The molecule has 0 saturated carbocycles. The van der Waals surface area contributed by atoms with Crippen molar-refractivity contribution in [2.75, 3.05) is 30.5 Å². The van der Waals surface area contributed by atoms with Crippen LogP contribution in [0.1, 0.15) is 0 Å². The second-order valence-electron chi connectivity index (χ2n) is 2.87. The molecular formula is C11H16N2OS. The fourth-order valence-electron chi connectivity index (χ4n) is 1.02. The van der Waals surface area contributed by atoms with E-state index in [2.05, 4.69) is 16.9 Å². The van der Waals surface area contributed by atoms with Gasteiger partial charge in [-0.15, -0.1) is 6.58 Å². The molecule has 1 N–H and O–H groups in total. The van der Waals surface area contributed by atoms with E-state index in [-0.39, 0.29) is 0 Å². The Morgan fingerprint density at radius 2 is 2.47 bits per heavy atom. The summed E-state index contributed by atoms with van der Waals surface area (Å²) in [5, 5.41) is 3.23. The predicted molar refractivity (Wildman–Crippen MR) is 66.8 cm³/mol. The minimum atomic E-state index is 0.779. The van der Waals surface area contributed by atoms with Crippen molar-refractivity contribution in [3.05, 3.63) is 31.0 Å². The number of aromatic nitrogens is 1. The maximum atomic E-state index is 5.02. The van der Waals surface area contributed by atoms with Crippen LogP contribution in [-0.2, 0) is 0 Å². The molecule has 0 unspecified atom stereocenters. The van der Waals surface area contributed by atoms with Crippen LogP contribution in [0.25, 0.3) is 0 Å². The van der Waals surface area contributed by atoms with Crippen molar-refractivity contribution >= 4 is 17.6 Å². The van der Waals surface area contributed by atoms with E-state index in [9.17, 15) is 0 Å². The van der Waals surface area contributed by atoms with Gasteiger partial charge in [-0.25, -0.2) is 4.98 Å². The van der Waals surface area contributed by atoms with E-state index in [1.54, 1.807) is 13.3 Å². The molecule has 0 saturated heterocycles. The molecule has 1 heterocycles. The van der Waals surface area contributed by atoms with Crippen molar-refractivity contribution < 1.29 is 4.74 Å². The summed E-state index contributed by atoms with van der Waals surface area (Å²) < 4.78 is 5.02. The second-order valence-corrected chi connectivity index (χ2v) is 4.02. The van der Waals surface area contributed by atoms with Crippen molar-refractivity contribution in [1.29, 1.82) is 0 Å². The minimum absolute atomic E-state index is 0.779. The van der Waals surface area contributed by atoms with Gasteiger partial charge in [-0.2, -0.15) is 11.8 Å². The molecule has 4 heteroatoms. The standard InChI is InChI=1S/C11H16N2OS/c1-3-7-15-8-6-12-11-5-4-10(14-2)9-13-11/h3-5,9H,1,6-8H2,2H3,(H,12,13). The molecular weight excluding hydrogens is 208 g/mol. The summed E-state index contributed by atoms with van der Waals surface area (Å²) in [4.78, 5) is 4.20. The molecule has 0 aromatic carbocycles. The third-order valence-corrected chi connectivity index (χ3v) is 2.72. The van der Waals surface area contributed by atoms with Gasteiger partial charge in [0.15, 0.2) is 0 Å². The highest BCUT2D eigenvalue weighted by Crippen LogP contribution is 2.11. The van der Waals surface area contributed by atoms with Crippen LogP contribution in [0.15, 0.2) is 31.0 Å². The maximum absolute atomic E-state index is 5.02. The number of nitrogens with one attached hydrogen (secondary N) is 1. The van der Waals surface area contributed by atoms with Crippen molar-refractivity contribution in [3.63, 3.8) is 0 Å². The first-order valence-corrected chi connectivity index (χ1v) is 5.95. The first-order valence-electron chi connectivity index (χ1n) is 4.79. The summed E-state index contributed by atoms with van der Waals surface area (Å²) in [7, 11) is 1.63. The fourth-order valence-corrected chi connectivity index (χ4v) is 1.60. The van der Waals surface area contributed by atoms with Crippen molar-refractivity contribution in [3.8, 4) is 5.75 Å². The molecule has 0 fully saturated rings. The molecule has 0 atom stereocenters. The molecule has 0 aliphatic carbocycles. The maximum Gasteiger partial charge on any atom is 0.137 e. The quantitative estimate of drug-likeness (QED) is 0.570. The highest BCUT2D eigenvalue weighted by molar-refractivity contribution is 7.99. The molecule has 3 nitrogen and oxygen atoms in total. The Kier molecular flexibility index (Phi) is 5.70. The first kappa shape index (κ1) is 11.9. The topological polar surface area (TPSA) is 34.1 Å². The van der Waals surface area contributed by atoms with Gasteiger partial charge < -0.3 is 10.1 Å². The molecule has 15 heavy (non-hydrogen) atoms. The zero-order valence-corrected chi connectivity index (χ0v) is 9.72. The number of ether oxygens (including phenoxy) is 1. The lowest BCUT2D eigenvalue weighted by Crippen LogP contribution is -2.05. The Morgan fingerprint density at radius 1 is 1.60 bits per heavy atom. The average Bonchev–Trinajstić information content (AvgIpc) is 2.30. The van der Waals surface area contributed by atoms with Gasteiger partial charge in [0, 0.05) is 18.1 Å². The molecule has 0 spiro atoms. The number of hydrogen-bond acceptors (Lipinski definition) is 4. The number of nitrogens with zero attached hydrogens (tertiary/aromatic N) is 1. The molecule has 1 aromatic heterocycles. The molecule has 82 valence electrons. The average molecular weight is 224 g/mol. The minimum Gasteiger partial charge on any atom is -0.495 e. The molecule has 0 amide bonds. The number of methoxy groups -OCH3 is 1. The van der Waals surface area contributed by atoms with Gasteiger partial charge in [-0.05, 0) is 12.1 Å². The van der Waals surface area contributed by atoms with E-state index in [0.29, 0.717) is 0 Å². The van der Waals surface area contributed by atoms with Gasteiger partial charge >= 0.3 is 0 Å². The third kappa shape index (κ3) is 4.74. The van der Waals surface area contributed by atoms with E-state index in [4.69, 9.17) is 4.74 Å². The lowest BCUT2D eigenvalue weighted by atomic mass is 10.4. The van der Waals surface area contributed by atoms with E-state index in [1.807, 2.05) is 30.0 Å². The van der Waals surface area contributed by atoms with Gasteiger partial charge in [-0.1, -0.05) is 6.08 Å². The number of thioether (sulfide) groups is 1. The molecule has 1 rings (SSSR count). The normalized spacial score (nSPS) is 9.67. The largest absolute Gasteiger partial charge is 0.495 e. The number of pyridine rings is 1. The lowest BCUT2D eigenvalue weighted by Gasteiger charge is -2.05. The molecule has 1 aromatic rings. The van der Waals surface area contributed by atoms with Crippen molar-refractivity contribution in [2.24, 2.45) is 0 Å². The second kappa shape index (κ2) is 7.17. The third-order valence-electron chi connectivity index (χ3n) is 1.76. The zero-order valence-electron chi connectivity index (χ0n) is 8.90. The van der Waals surface area contributed by atoms with Crippen LogP contribution >= 0.6 is 11.8 Å². The highest BCUT2D eigenvalue weighted by Gasteiger charge is 1.94. The van der Waals surface area contributed by atoms with Crippen molar-refractivity contribution in [2.45, 2.75) is 0 Å². The van der Waals surface area contributed by atoms with E-state index in [0.717, 1.165) is 29.6 Å². The predicted octanol–water partition coefficient (Wildman–Crippen LogP) is 2.42. The van der Waals surface area contributed by atoms with Crippen LogP contribution in [0.2, 0.25) is 0 Å². The summed E-state index contributed by atoms with van der Waals surface area (Å²) in [6, 6.07) is 3.81. The van der Waals surface area contributed by atoms with Crippen molar-refractivity contribution in [1.82, 2.24) is 4.98 Å². The van der Waals surface area contributed by atoms with Crippen LogP contribution in [0.5, 0.6) is 5.75 Å². The van der Waals surface area contributed by atoms with E-state index in [1.165, 1.54) is 0 Å². The van der Waals surface area contributed by atoms with Gasteiger partial charge in [0.25, 0.3) is 0 Å². The SMILES string of the molecule is C=CCSCCNc1ccc(OC)cn1. The number of rotatable bonds is 7. The van der Waals surface area contributed by atoms with Crippen LogP contribution < -0.4 is 10.1 Å². The van der Waals surface area contributed by atoms with Gasteiger partial charge in [-0.3, -0.25) is 0 Å². The summed E-state index contributed by atoms with van der Waals surface area (Å²) >= 11 is 1.85. The monoisotopic (exact) mass is 224 g/mol. The van der Waals surface area contributed by atoms with Gasteiger partial charge in [0.05, 0.1) is 13.3 Å². The highest BCUT2D eigenvalue weighted by atomic mass is 32.2. The Hall–Kier alpha value is -1.16. The summed E-state index contributed by atoms with van der Waals surface area (Å²) in [6.07, 6.45) is 3.62. The Bertz CT molecular complexity index is 287. The molecule has 0 radical (unpaired) electrons. The van der Waals surface area contributed by atoms with Crippen LogP contribution in [0.3, 0.4) is 0 Å². The van der Waals surface area contributed by atoms with E-state index >= 15 is 0 Å². The molecule has 0 aliphatic heterocycles. The number of anilines is 1. The fraction of sp³-hybridized carbons (Fsp3) is 0.364.